The Labute approximate surface area is 178 Å². The number of hydrogen-bond donors (Lipinski definition) is 1. The quantitative estimate of drug-likeness (QED) is 0.837. The van der Waals surface area contributed by atoms with Crippen molar-refractivity contribution in [1.29, 1.82) is 0 Å². The van der Waals surface area contributed by atoms with Crippen molar-refractivity contribution in [2.45, 2.75) is 63.8 Å². The summed E-state index contributed by atoms with van der Waals surface area (Å²) >= 11 is 0. The first-order chi connectivity index (χ1) is 14.4. The SMILES string of the molecule is Cc1cccc(C(=O)N2CCC3(CC2)C[C@H](CC(=O)NC(C)C)c2ccccc23)n1. The summed E-state index contributed by atoms with van der Waals surface area (Å²) in [6.07, 6.45) is 3.39. The Morgan fingerprint density at radius 1 is 1.13 bits per heavy atom. The molecule has 1 fully saturated rings. The van der Waals surface area contributed by atoms with Gasteiger partial charge < -0.3 is 10.2 Å². The minimum Gasteiger partial charge on any atom is -0.354 e. The minimum absolute atomic E-state index is 0.0210. The number of pyridine rings is 1. The number of fused-ring (bicyclic) bond motifs is 2. The third kappa shape index (κ3) is 3.98. The lowest BCUT2D eigenvalue weighted by molar-refractivity contribution is -0.122. The van der Waals surface area contributed by atoms with Crippen LogP contribution in [0, 0.1) is 6.92 Å². The highest BCUT2D eigenvalue weighted by Crippen LogP contribution is 2.52. The van der Waals surface area contributed by atoms with Gasteiger partial charge in [0.25, 0.3) is 5.91 Å². The first kappa shape index (κ1) is 20.6. The number of rotatable bonds is 4. The molecule has 4 rings (SSSR count). The van der Waals surface area contributed by atoms with Gasteiger partial charge in [0.2, 0.25) is 5.91 Å². The van der Waals surface area contributed by atoms with Crippen LogP contribution < -0.4 is 5.32 Å². The van der Waals surface area contributed by atoms with Gasteiger partial charge in [0.1, 0.15) is 5.69 Å². The third-order valence-corrected chi connectivity index (χ3v) is 6.61. The smallest absolute Gasteiger partial charge is 0.272 e. The lowest BCUT2D eigenvalue weighted by Gasteiger charge is -2.40. The molecule has 2 heterocycles. The second-order valence-corrected chi connectivity index (χ2v) is 9.15. The molecule has 0 radical (unpaired) electrons. The Hall–Kier alpha value is -2.69. The van der Waals surface area contributed by atoms with Crippen molar-refractivity contribution in [2.75, 3.05) is 13.1 Å². The fourth-order valence-corrected chi connectivity index (χ4v) is 5.25. The Balaban J connectivity index is 1.49. The Morgan fingerprint density at radius 2 is 1.87 bits per heavy atom. The van der Waals surface area contributed by atoms with Crippen LogP contribution in [-0.4, -0.2) is 40.8 Å². The first-order valence-electron chi connectivity index (χ1n) is 11.0. The zero-order valence-electron chi connectivity index (χ0n) is 18.1. The molecule has 1 spiro atoms. The average Bonchev–Trinajstić information content (AvgIpc) is 3.01. The molecular weight excluding hydrogens is 374 g/mol. The molecule has 1 saturated heterocycles. The number of piperidine rings is 1. The van der Waals surface area contributed by atoms with Gasteiger partial charge in [-0.3, -0.25) is 9.59 Å². The summed E-state index contributed by atoms with van der Waals surface area (Å²) in [4.78, 5) is 31.7. The van der Waals surface area contributed by atoms with Crippen molar-refractivity contribution in [1.82, 2.24) is 15.2 Å². The van der Waals surface area contributed by atoms with E-state index >= 15 is 0 Å². The standard InChI is InChI=1S/C25H31N3O2/c1-17(2)26-23(29)15-19-16-25(21-9-5-4-8-20(19)21)11-13-28(14-12-25)24(30)22-10-6-7-18(3)27-22/h4-10,17,19H,11-16H2,1-3H3,(H,26,29)/t19-/m0/s1. The van der Waals surface area contributed by atoms with E-state index in [0.717, 1.165) is 38.0 Å². The summed E-state index contributed by atoms with van der Waals surface area (Å²) in [6.45, 7) is 7.37. The summed E-state index contributed by atoms with van der Waals surface area (Å²) in [5, 5.41) is 3.04. The van der Waals surface area contributed by atoms with Gasteiger partial charge >= 0.3 is 0 Å². The summed E-state index contributed by atoms with van der Waals surface area (Å²) in [5.74, 6) is 0.397. The molecular formula is C25H31N3O2. The molecule has 0 bridgehead atoms. The number of likely N-dealkylation sites (tertiary alicyclic amines) is 1. The zero-order valence-corrected chi connectivity index (χ0v) is 18.1. The van der Waals surface area contributed by atoms with Crippen LogP contribution in [0.3, 0.4) is 0 Å². The molecule has 1 aromatic carbocycles. The Kier molecular flexibility index (Phi) is 5.63. The number of aromatic nitrogens is 1. The highest BCUT2D eigenvalue weighted by Gasteiger charge is 2.46. The van der Waals surface area contributed by atoms with E-state index in [-0.39, 0.29) is 29.2 Å². The topological polar surface area (TPSA) is 62.3 Å². The van der Waals surface area contributed by atoms with Crippen LogP contribution in [0.1, 0.15) is 72.8 Å². The number of nitrogens with zero attached hydrogens (tertiary/aromatic N) is 2. The second kappa shape index (κ2) is 8.21. The minimum atomic E-state index is 0.0210. The highest BCUT2D eigenvalue weighted by molar-refractivity contribution is 5.92. The van der Waals surface area contributed by atoms with E-state index in [9.17, 15) is 9.59 Å². The van der Waals surface area contributed by atoms with E-state index < -0.39 is 0 Å². The van der Waals surface area contributed by atoms with E-state index in [0.29, 0.717) is 12.1 Å². The van der Waals surface area contributed by atoms with Crippen molar-refractivity contribution in [2.24, 2.45) is 0 Å². The largest absolute Gasteiger partial charge is 0.354 e. The van der Waals surface area contributed by atoms with E-state index in [1.807, 2.05) is 37.8 Å². The fraction of sp³-hybridized carbons (Fsp3) is 0.480. The van der Waals surface area contributed by atoms with Crippen LogP contribution in [-0.2, 0) is 10.2 Å². The van der Waals surface area contributed by atoms with Gasteiger partial charge in [-0.05, 0) is 74.6 Å². The predicted molar refractivity (Wildman–Crippen MR) is 117 cm³/mol. The van der Waals surface area contributed by atoms with Crippen LogP contribution in [0.2, 0.25) is 0 Å². The zero-order chi connectivity index (χ0) is 21.3. The van der Waals surface area contributed by atoms with E-state index in [1.165, 1.54) is 11.1 Å². The number of carbonyl (C=O) groups is 2. The highest BCUT2D eigenvalue weighted by atomic mass is 16.2. The van der Waals surface area contributed by atoms with Gasteiger partial charge in [-0.25, -0.2) is 4.98 Å². The van der Waals surface area contributed by atoms with Gasteiger partial charge in [-0.2, -0.15) is 0 Å². The molecule has 0 saturated carbocycles. The predicted octanol–water partition coefficient (Wildman–Crippen LogP) is 3.97. The van der Waals surface area contributed by atoms with E-state index in [1.54, 1.807) is 6.07 Å². The second-order valence-electron chi connectivity index (χ2n) is 9.15. The molecule has 158 valence electrons. The Bertz CT molecular complexity index is 945. The maximum Gasteiger partial charge on any atom is 0.272 e. The van der Waals surface area contributed by atoms with Crippen LogP contribution in [0.25, 0.3) is 0 Å². The van der Waals surface area contributed by atoms with E-state index in [4.69, 9.17) is 0 Å². The molecule has 1 aromatic heterocycles. The number of amides is 2. The maximum atomic E-state index is 12.9. The third-order valence-electron chi connectivity index (χ3n) is 6.61. The van der Waals surface area contributed by atoms with Crippen molar-refractivity contribution >= 4 is 11.8 Å². The fourth-order valence-electron chi connectivity index (χ4n) is 5.25. The van der Waals surface area contributed by atoms with Crippen LogP contribution in [0.15, 0.2) is 42.5 Å². The van der Waals surface area contributed by atoms with Crippen LogP contribution in [0.5, 0.6) is 0 Å². The molecule has 30 heavy (non-hydrogen) atoms. The summed E-state index contributed by atoms with van der Waals surface area (Å²) in [7, 11) is 0. The summed E-state index contributed by atoms with van der Waals surface area (Å²) < 4.78 is 0. The molecule has 5 heteroatoms. The lowest BCUT2D eigenvalue weighted by atomic mass is 9.73. The monoisotopic (exact) mass is 405 g/mol. The number of nitrogens with one attached hydrogen (secondary N) is 1. The number of aryl methyl sites for hydroxylation is 1. The molecule has 5 nitrogen and oxygen atoms in total. The van der Waals surface area contributed by atoms with Crippen LogP contribution >= 0.6 is 0 Å². The molecule has 1 atom stereocenters. The van der Waals surface area contributed by atoms with Gasteiger partial charge in [0.05, 0.1) is 0 Å². The molecule has 1 aliphatic heterocycles. The number of carbonyl (C=O) groups excluding carboxylic acids is 2. The van der Waals surface area contributed by atoms with Crippen molar-refractivity contribution in [3.05, 3.63) is 65.0 Å². The molecule has 2 amide bonds. The maximum absolute atomic E-state index is 12.9. The first-order valence-corrected chi connectivity index (χ1v) is 11.0. The van der Waals surface area contributed by atoms with Gasteiger partial charge in [0.15, 0.2) is 0 Å². The molecule has 1 N–H and O–H groups in total. The summed E-state index contributed by atoms with van der Waals surface area (Å²) in [5.41, 5.74) is 4.16. The summed E-state index contributed by atoms with van der Waals surface area (Å²) in [6, 6.07) is 14.4. The van der Waals surface area contributed by atoms with Gasteiger partial charge in [-0.15, -0.1) is 0 Å². The van der Waals surface area contributed by atoms with Crippen molar-refractivity contribution < 1.29 is 9.59 Å². The number of hydrogen-bond acceptors (Lipinski definition) is 3. The van der Waals surface area contributed by atoms with Gasteiger partial charge in [-0.1, -0.05) is 30.3 Å². The molecule has 2 aliphatic rings. The molecule has 2 aromatic rings. The van der Waals surface area contributed by atoms with Crippen LogP contribution in [0.4, 0.5) is 0 Å². The molecule has 0 unspecified atom stereocenters. The lowest BCUT2D eigenvalue weighted by Crippen LogP contribution is -2.44. The van der Waals surface area contributed by atoms with E-state index in [2.05, 4.69) is 34.6 Å². The number of benzene rings is 1. The normalized spacial score (nSPS) is 19.7. The van der Waals surface area contributed by atoms with Crippen molar-refractivity contribution in [3.63, 3.8) is 0 Å². The Morgan fingerprint density at radius 3 is 2.57 bits per heavy atom. The molecule has 1 aliphatic carbocycles. The van der Waals surface area contributed by atoms with Crippen molar-refractivity contribution in [3.8, 4) is 0 Å². The van der Waals surface area contributed by atoms with Gasteiger partial charge in [0, 0.05) is 31.2 Å². The average molecular weight is 406 g/mol.